The van der Waals surface area contributed by atoms with Gasteiger partial charge in [-0.3, -0.25) is 0 Å². The van der Waals surface area contributed by atoms with Gasteiger partial charge in [-0.2, -0.15) is 5.10 Å². The highest BCUT2D eigenvalue weighted by Gasteiger charge is 2.17. The van der Waals surface area contributed by atoms with Gasteiger partial charge < -0.3 is 10.1 Å². The number of rotatable bonds is 7. The van der Waals surface area contributed by atoms with Crippen LogP contribution in [0.5, 0.6) is 5.75 Å². The van der Waals surface area contributed by atoms with E-state index in [-0.39, 0.29) is 11.9 Å². The third kappa shape index (κ3) is 4.52. The normalized spacial score (nSPS) is 12.2. The zero-order valence-corrected chi connectivity index (χ0v) is 18.8. The van der Waals surface area contributed by atoms with E-state index < -0.39 is 0 Å². The lowest BCUT2D eigenvalue weighted by Gasteiger charge is -2.13. The lowest BCUT2D eigenvalue weighted by atomic mass is 10.1. The molecule has 0 saturated carbocycles. The summed E-state index contributed by atoms with van der Waals surface area (Å²) >= 11 is 1.70. The zero-order chi connectivity index (χ0) is 22.0. The number of hydrogen-bond donors (Lipinski definition) is 1. The highest BCUT2D eigenvalue weighted by atomic mass is 32.1. The SMILES string of the molecule is COc1ccc(-c2nn(-c3ccccc3F)cc2CN[C@H](C)c2nc(C)sc2C)cc1. The molecule has 0 saturated heterocycles. The molecular weight excluding hydrogens is 411 g/mol. The molecule has 4 rings (SSSR count). The second kappa shape index (κ2) is 8.99. The molecule has 0 radical (unpaired) electrons. The molecule has 0 aliphatic heterocycles. The van der Waals surface area contributed by atoms with Crippen LogP contribution in [0.15, 0.2) is 54.7 Å². The summed E-state index contributed by atoms with van der Waals surface area (Å²) in [5, 5.41) is 9.34. The fraction of sp³-hybridized carbons (Fsp3) is 0.250. The quantitative estimate of drug-likeness (QED) is 0.409. The number of nitrogens with one attached hydrogen (secondary N) is 1. The molecule has 0 unspecified atom stereocenters. The molecule has 0 bridgehead atoms. The number of para-hydroxylation sites is 1. The van der Waals surface area contributed by atoms with E-state index in [1.165, 1.54) is 10.9 Å². The Morgan fingerprint density at radius 1 is 1.13 bits per heavy atom. The largest absolute Gasteiger partial charge is 0.497 e. The molecule has 0 fully saturated rings. The van der Waals surface area contributed by atoms with Gasteiger partial charge in [0.1, 0.15) is 17.3 Å². The van der Waals surface area contributed by atoms with Crippen LogP contribution in [0.4, 0.5) is 4.39 Å². The Kier molecular flexibility index (Phi) is 6.15. The van der Waals surface area contributed by atoms with Crippen LogP contribution in [-0.4, -0.2) is 21.9 Å². The maximum absolute atomic E-state index is 14.4. The van der Waals surface area contributed by atoms with Crippen LogP contribution in [-0.2, 0) is 6.54 Å². The van der Waals surface area contributed by atoms with Crippen molar-refractivity contribution < 1.29 is 9.13 Å². The van der Waals surface area contributed by atoms with Crippen molar-refractivity contribution in [1.82, 2.24) is 20.1 Å². The zero-order valence-electron chi connectivity index (χ0n) is 18.0. The Morgan fingerprint density at radius 2 is 1.87 bits per heavy atom. The number of halogens is 1. The van der Waals surface area contributed by atoms with Gasteiger partial charge in [-0.25, -0.2) is 14.1 Å². The third-order valence-corrected chi connectivity index (χ3v) is 6.10. The van der Waals surface area contributed by atoms with Crippen LogP contribution < -0.4 is 10.1 Å². The van der Waals surface area contributed by atoms with Crippen LogP contribution in [0, 0.1) is 19.7 Å². The summed E-state index contributed by atoms with van der Waals surface area (Å²) in [6, 6.07) is 14.5. The fourth-order valence-corrected chi connectivity index (χ4v) is 4.51. The van der Waals surface area contributed by atoms with Gasteiger partial charge in [-0.05, 0) is 57.2 Å². The van der Waals surface area contributed by atoms with Crippen LogP contribution >= 0.6 is 11.3 Å². The highest BCUT2D eigenvalue weighted by Crippen LogP contribution is 2.28. The average molecular weight is 437 g/mol. The number of ether oxygens (including phenoxy) is 1. The van der Waals surface area contributed by atoms with Gasteiger partial charge in [0.25, 0.3) is 0 Å². The molecule has 2 aromatic heterocycles. The Hall–Kier alpha value is -3.03. The van der Waals surface area contributed by atoms with Crippen molar-refractivity contribution in [2.45, 2.75) is 33.4 Å². The highest BCUT2D eigenvalue weighted by molar-refractivity contribution is 7.11. The number of methoxy groups -OCH3 is 1. The average Bonchev–Trinajstić information content (AvgIpc) is 3.35. The number of nitrogens with zero attached hydrogens (tertiary/aromatic N) is 3. The molecule has 1 N–H and O–H groups in total. The van der Waals surface area contributed by atoms with E-state index in [2.05, 4.69) is 24.1 Å². The molecule has 1 atom stereocenters. The molecule has 31 heavy (non-hydrogen) atoms. The first-order valence-corrected chi connectivity index (χ1v) is 10.9. The van der Waals surface area contributed by atoms with Crippen molar-refractivity contribution in [2.75, 3.05) is 7.11 Å². The molecule has 160 valence electrons. The summed E-state index contributed by atoms with van der Waals surface area (Å²) in [5.41, 5.74) is 4.21. The second-order valence-electron chi connectivity index (χ2n) is 7.40. The lowest BCUT2D eigenvalue weighted by Crippen LogP contribution is -2.19. The van der Waals surface area contributed by atoms with Crippen LogP contribution in [0.2, 0.25) is 0 Å². The standard InChI is InChI=1S/C24H25FN4OS/c1-15(23-16(2)31-17(3)27-23)26-13-19-14-29(22-8-6-5-7-21(22)25)28-24(19)18-9-11-20(30-4)12-10-18/h5-12,14-15,26H,13H2,1-4H3/t15-/m1/s1. The Bertz CT molecular complexity index is 1180. The van der Waals surface area contributed by atoms with Gasteiger partial charge >= 0.3 is 0 Å². The maximum Gasteiger partial charge on any atom is 0.148 e. The van der Waals surface area contributed by atoms with Gasteiger partial charge in [0.2, 0.25) is 0 Å². The van der Waals surface area contributed by atoms with Crippen molar-refractivity contribution in [3.63, 3.8) is 0 Å². The fourth-order valence-electron chi connectivity index (χ4n) is 3.60. The maximum atomic E-state index is 14.4. The Balaban J connectivity index is 1.67. The summed E-state index contributed by atoms with van der Waals surface area (Å²) in [5.74, 6) is 0.465. The Morgan fingerprint density at radius 3 is 2.52 bits per heavy atom. The molecule has 7 heteroatoms. The second-order valence-corrected chi connectivity index (χ2v) is 8.81. The number of benzene rings is 2. The van der Waals surface area contributed by atoms with Crippen molar-refractivity contribution >= 4 is 11.3 Å². The van der Waals surface area contributed by atoms with E-state index >= 15 is 0 Å². The summed E-state index contributed by atoms with van der Waals surface area (Å²) in [4.78, 5) is 5.88. The van der Waals surface area contributed by atoms with Crippen molar-refractivity contribution in [2.24, 2.45) is 0 Å². The van der Waals surface area contributed by atoms with Gasteiger partial charge in [0, 0.05) is 34.8 Å². The predicted octanol–water partition coefficient (Wildman–Crippen LogP) is 5.61. The van der Waals surface area contributed by atoms with Crippen LogP contribution in [0.25, 0.3) is 16.9 Å². The molecular formula is C24H25FN4OS. The minimum atomic E-state index is -0.312. The summed E-state index contributed by atoms with van der Waals surface area (Å²) in [6.45, 7) is 6.80. The first kappa shape index (κ1) is 21.2. The molecule has 0 aliphatic carbocycles. The lowest BCUT2D eigenvalue weighted by molar-refractivity contribution is 0.415. The number of aryl methyl sites for hydroxylation is 2. The van der Waals surface area contributed by atoms with E-state index in [4.69, 9.17) is 9.84 Å². The summed E-state index contributed by atoms with van der Waals surface area (Å²) < 4.78 is 21.3. The molecule has 5 nitrogen and oxygen atoms in total. The molecule has 2 aromatic carbocycles. The van der Waals surface area contributed by atoms with E-state index in [0.717, 1.165) is 33.3 Å². The van der Waals surface area contributed by atoms with Gasteiger partial charge in [0.05, 0.1) is 23.5 Å². The van der Waals surface area contributed by atoms with Crippen LogP contribution in [0.3, 0.4) is 0 Å². The Labute approximate surface area is 185 Å². The molecule has 0 amide bonds. The first-order valence-electron chi connectivity index (χ1n) is 10.1. The molecule has 2 heterocycles. The smallest absolute Gasteiger partial charge is 0.148 e. The van der Waals surface area contributed by atoms with Crippen molar-refractivity contribution in [3.05, 3.63) is 81.7 Å². The third-order valence-electron chi connectivity index (χ3n) is 5.20. The van der Waals surface area contributed by atoms with E-state index in [0.29, 0.717) is 12.2 Å². The summed E-state index contributed by atoms with van der Waals surface area (Å²) in [7, 11) is 1.64. The minimum Gasteiger partial charge on any atom is -0.497 e. The van der Waals surface area contributed by atoms with Crippen LogP contribution in [0.1, 0.15) is 34.1 Å². The van der Waals surface area contributed by atoms with Gasteiger partial charge in [0.15, 0.2) is 0 Å². The monoisotopic (exact) mass is 436 g/mol. The number of aromatic nitrogens is 3. The van der Waals surface area contributed by atoms with E-state index in [1.54, 1.807) is 41.3 Å². The molecule has 0 aliphatic rings. The van der Waals surface area contributed by atoms with Crippen molar-refractivity contribution in [3.8, 4) is 22.7 Å². The topological polar surface area (TPSA) is 52.0 Å². The summed E-state index contributed by atoms with van der Waals surface area (Å²) in [6.07, 6.45) is 1.89. The van der Waals surface area contributed by atoms with E-state index in [1.807, 2.05) is 37.4 Å². The van der Waals surface area contributed by atoms with Gasteiger partial charge in [-0.1, -0.05) is 12.1 Å². The molecule has 0 spiro atoms. The number of thiazole rings is 1. The predicted molar refractivity (Wildman–Crippen MR) is 122 cm³/mol. The van der Waals surface area contributed by atoms with Gasteiger partial charge in [-0.15, -0.1) is 11.3 Å². The van der Waals surface area contributed by atoms with E-state index in [9.17, 15) is 4.39 Å². The van der Waals surface area contributed by atoms with Crippen molar-refractivity contribution in [1.29, 1.82) is 0 Å². The first-order chi connectivity index (χ1) is 15.0. The minimum absolute atomic E-state index is 0.0884. The molecule has 4 aromatic rings. The number of hydrogen-bond acceptors (Lipinski definition) is 5.